The van der Waals surface area contributed by atoms with Crippen molar-refractivity contribution in [1.82, 2.24) is 9.78 Å². The summed E-state index contributed by atoms with van der Waals surface area (Å²) in [7, 11) is 1.82. The number of aromatic nitrogens is 2. The predicted octanol–water partition coefficient (Wildman–Crippen LogP) is 0.754. The van der Waals surface area contributed by atoms with Gasteiger partial charge in [-0.1, -0.05) is 19.8 Å². The number of aliphatic carboxylic acids is 1. The van der Waals surface area contributed by atoms with Gasteiger partial charge in [0.1, 0.15) is 12.3 Å². The van der Waals surface area contributed by atoms with Gasteiger partial charge in [-0.25, -0.2) is 4.68 Å². The number of nitrogens with zero attached hydrogens (tertiary/aromatic N) is 2. The maximum Gasteiger partial charge on any atom is 0.320 e. The quantitative estimate of drug-likeness (QED) is 0.593. The number of carbonyl (C=O) groups excluding carboxylic acids is 1. The molecule has 0 saturated carbocycles. The van der Waals surface area contributed by atoms with Crippen LogP contribution in [0.2, 0.25) is 0 Å². The van der Waals surface area contributed by atoms with Gasteiger partial charge in [0.05, 0.1) is 5.69 Å². The molecule has 122 valence electrons. The Morgan fingerprint density at radius 1 is 1.68 bits per heavy atom. The van der Waals surface area contributed by atoms with Crippen LogP contribution in [0.3, 0.4) is 0 Å². The minimum atomic E-state index is -1.07. The van der Waals surface area contributed by atoms with Crippen LogP contribution in [0.15, 0.2) is 6.07 Å². The van der Waals surface area contributed by atoms with Crippen LogP contribution in [0.25, 0.3) is 0 Å². The standard InChI is InChI=1S/C8H10N2O.C7H13NO3/c1-4-5-11-8-6-7(2)9-10(8)3;1-7(2,4-9)3-5(8)6(10)11/h1,6H,5H2,2-3H3;4-5H,3,8H2,1-2H3,(H,10,11). The van der Waals surface area contributed by atoms with Gasteiger partial charge < -0.3 is 20.4 Å². The molecule has 1 aromatic heterocycles. The zero-order valence-corrected chi connectivity index (χ0v) is 13.4. The number of carboxylic acids is 1. The van der Waals surface area contributed by atoms with Crippen LogP contribution in [0.4, 0.5) is 0 Å². The Bertz CT molecular complexity index is 543. The van der Waals surface area contributed by atoms with Crippen molar-refractivity contribution >= 4 is 12.3 Å². The highest BCUT2D eigenvalue weighted by atomic mass is 16.5. The molecule has 1 atom stereocenters. The van der Waals surface area contributed by atoms with E-state index < -0.39 is 17.4 Å². The largest absolute Gasteiger partial charge is 0.480 e. The van der Waals surface area contributed by atoms with Crippen LogP contribution in [0.5, 0.6) is 5.88 Å². The van der Waals surface area contributed by atoms with Gasteiger partial charge in [0, 0.05) is 18.5 Å². The van der Waals surface area contributed by atoms with E-state index in [0.29, 0.717) is 12.5 Å². The summed E-state index contributed by atoms with van der Waals surface area (Å²) in [4.78, 5) is 20.6. The molecule has 1 heterocycles. The molecule has 22 heavy (non-hydrogen) atoms. The first-order valence-electron chi connectivity index (χ1n) is 6.64. The fourth-order valence-electron chi connectivity index (χ4n) is 1.54. The summed E-state index contributed by atoms with van der Waals surface area (Å²) < 4.78 is 6.83. The van der Waals surface area contributed by atoms with Gasteiger partial charge in [-0.15, -0.1) is 6.42 Å². The molecule has 1 aromatic rings. The molecular formula is C15H23N3O4. The lowest BCUT2D eigenvalue weighted by atomic mass is 9.88. The third kappa shape index (κ3) is 7.45. The number of terminal acetylenes is 1. The third-order valence-electron chi connectivity index (χ3n) is 2.64. The van der Waals surface area contributed by atoms with Gasteiger partial charge in [-0.3, -0.25) is 4.79 Å². The number of hydrogen-bond donors (Lipinski definition) is 2. The summed E-state index contributed by atoms with van der Waals surface area (Å²) in [5.74, 6) is 2.03. The smallest absolute Gasteiger partial charge is 0.320 e. The van der Waals surface area contributed by atoms with Crippen LogP contribution in [-0.2, 0) is 16.6 Å². The topological polar surface area (TPSA) is 107 Å². The fraction of sp³-hybridized carbons (Fsp3) is 0.533. The molecule has 0 saturated heterocycles. The van der Waals surface area contributed by atoms with Crippen LogP contribution >= 0.6 is 0 Å². The normalized spacial score (nSPS) is 11.6. The lowest BCUT2D eigenvalue weighted by molar-refractivity contribution is -0.139. The molecule has 0 bridgehead atoms. The predicted molar refractivity (Wildman–Crippen MR) is 82.3 cm³/mol. The SMILES string of the molecule is C#CCOc1cc(C)nn1C.CC(C)(C=O)CC(N)C(=O)O. The minimum absolute atomic E-state index is 0.172. The third-order valence-corrected chi connectivity index (χ3v) is 2.64. The molecule has 1 unspecified atom stereocenters. The van der Waals surface area contributed by atoms with Gasteiger partial charge in [0.15, 0.2) is 6.61 Å². The maximum absolute atomic E-state index is 10.3. The number of aryl methyl sites for hydroxylation is 2. The van der Waals surface area contributed by atoms with Gasteiger partial charge in [0.2, 0.25) is 5.88 Å². The molecule has 1 rings (SSSR count). The lowest BCUT2D eigenvalue weighted by Gasteiger charge is -2.18. The first-order valence-corrected chi connectivity index (χ1v) is 6.64. The van der Waals surface area contributed by atoms with E-state index in [1.165, 1.54) is 0 Å². The second-order valence-corrected chi connectivity index (χ2v) is 5.50. The van der Waals surface area contributed by atoms with Gasteiger partial charge in [-0.2, -0.15) is 5.10 Å². The van der Waals surface area contributed by atoms with Crippen LogP contribution in [0, 0.1) is 24.7 Å². The number of nitrogens with two attached hydrogens (primary N) is 1. The van der Waals surface area contributed by atoms with Crippen molar-refractivity contribution in [2.45, 2.75) is 33.2 Å². The number of carboxylic acid groups (broad SMARTS) is 1. The molecule has 0 radical (unpaired) electrons. The molecular weight excluding hydrogens is 286 g/mol. The minimum Gasteiger partial charge on any atom is -0.480 e. The Kier molecular flexibility index (Phi) is 7.91. The van der Waals surface area contributed by atoms with E-state index in [1.807, 2.05) is 20.0 Å². The van der Waals surface area contributed by atoms with Crippen LogP contribution in [-0.4, -0.2) is 39.8 Å². The maximum atomic E-state index is 10.3. The van der Waals surface area contributed by atoms with E-state index in [1.54, 1.807) is 18.5 Å². The monoisotopic (exact) mass is 309 g/mol. The highest BCUT2D eigenvalue weighted by Gasteiger charge is 2.24. The summed E-state index contributed by atoms with van der Waals surface area (Å²) in [6, 6.07) is 0.896. The molecule has 7 heteroatoms. The Hall–Kier alpha value is -2.33. The van der Waals surface area contributed by atoms with Crippen molar-refractivity contribution < 1.29 is 19.4 Å². The summed E-state index contributed by atoms with van der Waals surface area (Å²) in [5, 5.41) is 12.5. The van der Waals surface area contributed by atoms with Crippen molar-refractivity contribution in [3.05, 3.63) is 11.8 Å². The molecule has 0 aliphatic carbocycles. The van der Waals surface area contributed by atoms with Crippen molar-refractivity contribution in [2.75, 3.05) is 6.61 Å². The number of hydrogen-bond acceptors (Lipinski definition) is 5. The molecule has 0 aromatic carbocycles. The highest BCUT2D eigenvalue weighted by molar-refractivity contribution is 5.74. The first-order chi connectivity index (χ1) is 10.1. The number of ether oxygens (including phenoxy) is 1. The summed E-state index contributed by atoms with van der Waals surface area (Å²) in [5.41, 5.74) is 5.51. The molecule has 3 N–H and O–H groups in total. The fourth-order valence-corrected chi connectivity index (χ4v) is 1.54. The average molecular weight is 309 g/mol. The average Bonchev–Trinajstić information content (AvgIpc) is 2.74. The summed E-state index contributed by atoms with van der Waals surface area (Å²) >= 11 is 0. The highest BCUT2D eigenvalue weighted by Crippen LogP contribution is 2.17. The lowest BCUT2D eigenvalue weighted by Crippen LogP contribution is -2.35. The van der Waals surface area contributed by atoms with Crippen molar-refractivity contribution in [3.8, 4) is 18.2 Å². The van der Waals surface area contributed by atoms with E-state index >= 15 is 0 Å². The van der Waals surface area contributed by atoms with E-state index in [-0.39, 0.29) is 6.42 Å². The number of rotatable bonds is 6. The second kappa shape index (κ2) is 8.85. The molecule has 0 fully saturated rings. The number of aldehydes is 1. The summed E-state index contributed by atoms with van der Waals surface area (Å²) in [6.07, 6.45) is 5.92. The molecule has 0 amide bonds. The van der Waals surface area contributed by atoms with Gasteiger partial charge >= 0.3 is 5.97 Å². The van der Waals surface area contributed by atoms with E-state index in [4.69, 9.17) is 22.0 Å². The zero-order valence-electron chi connectivity index (χ0n) is 13.4. The molecule has 0 aliphatic heterocycles. The van der Waals surface area contributed by atoms with E-state index in [2.05, 4.69) is 11.0 Å². The Balaban J connectivity index is 0.000000401. The van der Waals surface area contributed by atoms with E-state index in [0.717, 1.165) is 12.0 Å². The Labute approximate surface area is 130 Å². The van der Waals surface area contributed by atoms with Gasteiger partial charge in [-0.05, 0) is 13.3 Å². The molecule has 7 nitrogen and oxygen atoms in total. The molecule has 0 aliphatic rings. The second-order valence-electron chi connectivity index (χ2n) is 5.50. The Morgan fingerprint density at radius 2 is 2.27 bits per heavy atom. The van der Waals surface area contributed by atoms with Crippen molar-refractivity contribution in [2.24, 2.45) is 18.2 Å². The Morgan fingerprint density at radius 3 is 2.64 bits per heavy atom. The van der Waals surface area contributed by atoms with Crippen LogP contribution < -0.4 is 10.5 Å². The number of carbonyl (C=O) groups is 2. The van der Waals surface area contributed by atoms with Gasteiger partial charge in [0.25, 0.3) is 0 Å². The van der Waals surface area contributed by atoms with Crippen molar-refractivity contribution in [1.29, 1.82) is 0 Å². The van der Waals surface area contributed by atoms with Crippen LogP contribution in [0.1, 0.15) is 26.0 Å². The van der Waals surface area contributed by atoms with Crippen molar-refractivity contribution in [3.63, 3.8) is 0 Å². The zero-order chi connectivity index (χ0) is 17.3. The molecule has 0 spiro atoms. The first kappa shape index (κ1) is 19.7. The summed E-state index contributed by atoms with van der Waals surface area (Å²) in [6.45, 7) is 5.51. The van der Waals surface area contributed by atoms with E-state index in [9.17, 15) is 9.59 Å².